The lowest BCUT2D eigenvalue weighted by atomic mass is 10.1. The van der Waals surface area contributed by atoms with Crippen molar-refractivity contribution >= 4 is 46.7 Å². The van der Waals surface area contributed by atoms with Crippen molar-refractivity contribution in [3.8, 4) is 6.07 Å². The molecule has 2 nitrogen and oxygen atoms in total. The maximum atomic E-state index is 12.1. The maximum Gasteiger partial charge on any atom is 0.187 e. The summed E-state index contributed by atoms with van der Waals surface area (Å²) in [4.78, 5) is 12.1. The van der Waals surface area contributed by atoms with Crippen molar-refractivity contribution in [1.82, 2.24) is 0 Å². The number of nitriles is 1. The number of nitrogens with zero attached hydrogens (tertiary/aromatic N) is 1. The predicted molar refractivity (Wildman–Crippen MR) is 86.0 cm³/mol. The van der Waals surface area contributed by atoms with Gasteiger partial charge in [0, 0.05) is 5.56 Å². The molecule has 0 aliphatic rings. The Kier molecular flexibility index (Phi) is 5.03. The molecule has 0 aliphatic carbocycles. The number of hydrogen-bond acceptors (Lipinski definition) is 2. The van der Waals surface area contributed by atoms with Gasteiger partial charge < -0.3 is 0 Å². The molecule has 2 rings (SSSR count). The van der Waals surface area contributed by atoms with Crippen LogP contribution in [0.4, 0.5) is 0 Å². The third-order valence-corrected chi connectivity index (χ3v) is 4.06. The van der Waals surface area contributed by atoms with Crippen molar-refractivity contribution in [1.29, 1.82) is 5.26 Å². The first kappa shape index (κ1) is 15.6. The van der Waals surface area contributed by atoms with E-state index in [4.69, 9.17) is 40.1 Å². The summed E-state index contributed by atoms with van der Waals surface area (Å²) >= 11 is 17.7. The van der Waals surface area contributed by atoms with Crippen LogP contribution in [0.3, 0.4) is 0 Å². The fourth-order valence-electron chi connectivity index (χ4n) is 1.65. The summed E-state index contributed by atoms with van der Waals surface area (Å²) in [6.45, 7) is 0. The molecule has 0 aromatic heterocycles. The summed E-state index contributed by atoms with van der Waals surface area (Å²) in [7, 11) is 0. The van der Waals surface area contributed by atoms with Gasteiger partial charge in [-0.15, -0.1) is 0 Å². The molecule has 0 N–H and O–H groups in total. The van der Waals surface area contributed by atoms with Crippen LogP contribution in [0.1, 0.15) is 21.5 Å². The first-order valence-electron chi connectivity index (χ1n) is 5.89. The highest BCUT2D eigenvalue weighted by Crippen LogP contribution is 2.33. The van der Waals surface area contributed by atoms with Crippen LogP contribution in [-0.2, 0) is 0 Å². The smallest absolute Gasteiger partial charge is 0.187 e. The van der Waals surface area contributed by atoms with Gasteiger partial charge in [-0.1, -0.05) is 53.0 Å². The zero-order valence-corrected chi connectivity index (χ0v) is 12.9. The Morgan fingerprint density at radius 2 is 1.67 bits per heavy atom. The van der Waals surface area contributed by atoms with E-state index in [1.807, 2.05) is 6.07 Å². The lowest BCUT2D eigenvalue weighted by Crippen LogP contribution is -1.96. The van der Waals surface area contributed by atoms with Gasteiger partial charge in [0.25, 0.3) is 0 Å². The Bertz CT molecular complexity index is 758. The van der Waals surface area contributed by atoms with Crippen LogP contribution in [0.5, 0.6) is 0 Å². The van der Waals surface area contributed by atoms with Crippen LogP contribution in [-0.4, -0.2) is 5.78 Å². The molecule has 0 bridgehead atoms. The Balaban J connectivity index is 2.23. The fourth-order valence-corrected chi connectivity index (χ4v) is 2.28. The molecular formula is C16H8Cl3NO. The second-order valence-electron chi connectivity index (χ2n) is 4.15. The molecule has 0 unspecified atom stereocenters. The van der Waals surface area contributed by atoms with Crippen molar-refractivity contribution in [3.05, 3.63) is 74.2 Å². The molecule has 5 heteroatoms. The number of hydrogen-bond donors (Lipinski definition) is 0. The summed E-state index contributed by atoms with van der Waals surface area (Å²) < 4.78 is 0. The van der Waals surface area contributed by atoms with E-state index in [0.717, 1.165) is 5.56 Å². The van der Waals surface area contributed by atoms with Gasteiger partial charge in [0.2, 0.25) is 0 Å². The van der Waals surface area contributed by atoms with Crippen molar-refractivity contribution in [2.45, 2.75) is 0 Å². The normalized spacial score (nSPS) is 10.6. The van der Waals surface area contributed by atoms with E-state index in [2.05, 4.69) is 0 Å². The minimum Gasteiger partial charge on any atom is -0.289 e. The molecule has 0 amide bonds. The van der Waals surface area contributed by atoms with Crippen molar-refractivity contribution < 1.29 is 4.79 Å². The summed E-state index contributed by atoms with van der Waals surface area (Å²) in [6, 6.07) is 11.9. The first-order chi connectivity index (χ1) is 10.0. The van der Waals surface area contributed by atoms with Crippen LogP contribution in [0.15, 0.2) is 42.5 Å². The summed E-state index contributed by atoms with van der Waals surface area (Å²) in [5.74, 6) is -0.275. The second-order valence-corrected chi connectivity index (χ2v) is 5.32. The van der Waals surface area contributed by atoms with E-state index in [1.54, 1.807) is 30.3 Å². The standard InChI is InChI=1S/C16H8Cl3NO/c17-13-7-6-12(15(18)16(13)19)14(21)8-5-10-1-3-11(9-20)4-2-10/h1-8H. The van der Waals surface area contributed by atoms with Gasteiger partial charge >= 0.3 is 0 Å². The number of rotatable bonds is 3. The minimum atomic E-state index is -0.275. The maximum absolute atomic E-state index is 12.1. The second kappa shape index (κ2) is 6.78. The van der Waals surface area contributed by atoms with Gasteiger partial charge in [0.05, 0.1) is 26.7 Å². The van der Waals surface area contributed by atoms with Gasteiger partial charge in [-0.05, 0) is 35.9 Å². The van der Waals surface area contributed by atoms with Crippen LogP contribution in [0, 0.1) is 11.3 Å². The quantitative estimate of drug-likeness (QED) is 0.427. The summed E-state index contributed by atoms with van der Waals surface area (Å²) in [5.41, 5.74) is 1.65. The predicted octanol–water partition coefficient (Wildman–Crippen LogP) is 5.41. The zero-order valence-electron chi connectivity index (χ0n) is 10.6. The molecule has 0 saturated carbocycles. The number of carbonyl (C=O) groups excluding carboxylic acids is 1. The SMILES string of the molecule is N#Cc1ccc(C=CC(=O)c2ccc(Cl)c(Cl)c2Cl)cc1. The third kappa shape index (κ3) is 3.65. The molecule has 2 aromatic carbocycles. The van der Waals surface area contributed by atoms with Crippen LogP contribution in [0.25, 0.3) is 6.08 Å². The van der Waals surface area contributed by atoms with E-state index in [0.29, 0.717) is 10.6 Å². The molecule has 0 atom stereocenters. The highest BCUT2D eigenvalue weighted by Gasteiger charge is 2.12. The molecule has 0 fully saturated rings. The molecule has 0 saturated heterocycles. The number of ketones is 1. The van der Waals surface area contributed by atoms with E-state index in [-0.39, 0.29) is 21.4 Å². The average molecular weight is 337 g/mol. The Morgan fingerprint density at radius 1 is 1.00 bits per heavy atom. The molecule has 2 aromatic rings. The highest BCUT2D eigenvalue weighted by molar-refractivity contribution is 6.49. The van der Waals surface area contributed by atoms with Crippen molar-refractivity contribution in [2.24, 2.45) is 0 Å². The van der Waals surface area contributed by atoms with Gasteiger partial charge in [-0.3, -0.25) is 4.79 Å². The van der Waals surface area contributed by atoms with Crippen LogP contribution < -0.4 is 0 Å². The molecular weight excluding hydrogens is 329 g/mol. The number of benzene rings is 2. The van der Waals surface area contributed by atoms with E-state index >= 15 is 0 Å². The number of halogens is 3. The zero-order chi connectivity index (χ0) is 15.4. The van der Waals surface area contributed by atoms with E-state index < -0.39 is 0 Å². The number of allylic oxidation sites excluding steroid dienone is 1. The van der Waals surface area contributed by atoms with Crippen LogP contribution in [0.2, 0.25) is 15.1 Å². The summed E-state index contributed by atoms with van der Waals surface area (Å²) in [6.07, 6.45) is 3.04. The van der Waals surface area contributed by atoms with E-state index in [9.17, 15) is 4.79 Å². The summed E-state index contributed by atoms with van der Waals surface area (Å²) in [5, 5.41) is 9.31. The molecule has 104 valence electrons. The van der Waals surface area contributed by atoms with Crippen LogP contribution >= 0.6 is 34.8 Å². The first-order valence-corrected chi connectivity index (χ1v) is 7.02. The number of carbonyl (C=O) groups is 1. The van der Waals surface area contributed by atoms with Gasteiger partial charge in [-0.25, -0.2) is 0 Å². The largest absolute Gasteiger partial charge is 0.289 e. The van der Waals surface area contributed by atoms with Crippen molar-refractivity contribution in [2.75, 3.05) is 0 Å². The van der Waals surface area contributed by atoms with Gasteiger partial charge in [-0.2, -0.15) is 5.26 Å². The van der Waals surface area contributed by atoms with Gasteiger partial charge in [0.1, 0.15) is 0 Å². The highest BCUT2D eigenvalue weighted by atomic mass is 35.5. The molecule has 0 spiro atoms. The Hall–Kier alpha value is -1.79. The molecule has 0 aliphatic heterocycles. The molecule has 21 heavy (non-hydrogen) atoms. The fraction of sp³-hybridized carbons (Fsp3) is 0. The lowest BCUT2D eigenvalue weighted by molar-refractivity contribution is 0.104. The third-order valence-electron chi connectivity index (χ3n) is 2.77. The van der Waals surface area contributed by atoms with Gasteiger partial charge in [0.15, 0.2) is 5.78 Å². The Labute approximate surface area is 137 Å². The minimum absolute atomic E-state index is 0.138. The average Bonchev–Trinajstić information content (AvgIpc) is 2.51. The monoisotopic (exact) mass is 335 g/mol. The van der Waals surface area contributed by atoms with Crippen molar-refractivity contribution in [3.63, 3.8) is 0 Å². The lowest BCUT2D eigenvalue weighted by Gasteiger charge is -2.03. The topological polar surface area (TPSA) is 40.9 Å². The van der Waals surface area contributed by atoms with E-state index in [1.165, 1.54) is 18.2 Å². The Morgan fingerprint density at radius 3 is 2.29 bits per heavy atom. The molecule has 0 heterocycles. The molecule has 0 radical (unpaired) electrons.